The average molecular weight is 423 g/mol. The molecule has 2 nitrogen and oxygen atoms in total. The Morgan fingerprint density at radius 1 is 0.515 bits per heavy atom. The van der Waals surface area contributed by atoms with E-state index >= 15 is 0 Å². The highest BCUT2D eigenvalue weighted by molar-refractivity contribution is 6.90. The van der Waals surface area contributed by atoms with E-state index in [-0.39, 0.29) is 6.85 Å². The van der Waals surface area contributed by atoms with Crippen LogP contribution in [-0.4, -0.2) is 6.85 Å². The predicted octanol–water partition coefficient (Wildman–Crippen LogP) is 6.40. The first kappa shape index (κ1) is 19.5. The van der Waals surface area contributed by atoms with Crippen LogP contribution in [0.4, 0.5) is 11.4 Å². The minimum absolute atomic E-state index is 0.0258. The van der Waals surface area contributed by atoms with Gasteiger partial charge in [0.1, 0.15) is 5.75 Å². The maximum absolute atomic E-state index is 6.49. The van der Waals surface area contributed by atoms with E-state index in [4.69, 9.17) is 4.74 Å². The van der Waals surface area contributed by atoms with Gasteiger partial charge in [0.25, 0.3) is 0 Å². The first-order chi connectivity index (χ1) is 16.4. The molecule has 1 aliphatic rings. The molecule has 1 heterocycles. The van der Waals surface area contributed by atoms with Gasteiger partial charge in [-0.1, -0.05) is 109 Å². The van der Waals surface area contributed by atoms with Crippen molar-refractivity contribution in [2.45, 2.75) is 0 Å². The second kappa shape index (κ2) is 8.36. The molecular weight excluding hydrogens is 401 g/mol. The lowest BCUT2D eigenvalue weighted by Gasteiger charge is -2.39. The van der Waals surface area contributed by atoms with Crippen LogP contribution < -0.4 is 20.5 Å². The molecule has 0 saturated carbocycles. The summed E-state index contributed by atoms with van der Waals surface area (Å²) in [6.07, 6.45) is 0. The molecule has 0 radical (unpaired) electrons. The molecule has 0 saturated heterocycles. The van der Waals surface area contributed by atoms with Gasteiger partial charge in [-0.15, -0.1) is 0 Å². The summed E-state index contributed by atoms with van der Waals surface area (Å²) in [6, 6.07) is 46.4. The van der Waals surface area contributed by atoms with E-state index in [9.17, 15) is 0 Å². The highest BCUT2D eigenvalue weighted by Crippen LogP contribution is 2.46. The molecule has 0 aliphatic carbocycles. The Balaban J connectivity index is 1.64. The number of anilines is 2. The summed E-state index contributed by atoms with van der Waals surface area (Å²) in [6.45, 7) is 0.0258. The summed E-state index contributed by atoms with van der Waals surface area (Å²) in [5.41, 5.74) is 7.17. The highest BCUT2D eigenvalue weighted by atomic mass is 16.5. The molecule has 156 valence electrons. The SMILES string of the molecule is c1ccc(Oc2cccc3c2N(c2ccccc2)B(c2ccccc2)c2ccccc2-3)cc1. The smallest absolute Gasteiger partial charge is 0.328 e. The maximum Gasteiger partial charge on any atom is 0.328 e. The summed E-state index contributed by atoms with van der Waals surface area (Å²) >= 11 is 0. The number of fused-ring (bicyclic) bond motifs is 3. The standard InChI is InChI=1S/C30H22BNO/c1-4-13-23(14-5-1)31-28-21-11-10-19-26(28)27-20-12-22-29(33-25-17-8-3-9-18-25)30(27)32(31)24-15-6-2-7-16-24/h1-22H. The molecule has 6 rings (SSSR count). The zero-order valence-electron chi connectivity index (χ0n) is 18.1. The Bertz CT molecular complexity index is 1390. The molecule has 0 fully saturated rings. The Morgan fingerprint density at radius 3 is 1.88 bits per heavy atom. The second-order valence-corrected chi connectivity index (χ2v) is 8.17. The lowest BCUT2D eigenvalue weighted by Crippen LogP contribution is -2.57. The van der Waals surface area contributed by atoms with Crippen molar-refractivity contribution in [3.8, 4) is 22.6 Å². The summed E-state index contributed by atoms with van der Waals surface area (Å²) in [7, 11) is 0. The fourth-order valence-electron chi connectivity index (χ4n) is 4.77. The van der Waals surface area contributed by atoms with Gasteiger partial charge >= 0.3 is 6.85 Å². The van der Waals surface area contributed by atoms with Crippen molar-refractivity contribution < 1.29 is 4.74 Å². The van der Waals surface area contributed by atoms with Crippen LogP contribution in [0.3, 0.4) is 0 Å². The minimum atomic E-state index is 0.0258. The van der Waals surface area contributed by atoms with E-state index in [1.165, 1.54) is 22.1 Å². The van der Waals surface area contributed by atoms with Crippen molar-refractivity contribution in [1.82, 2.24) is 0 Å². The normalized spacial score (nSPS) is 12.1. The summed E-state index contributed by atoms with van der Waals surface area (Å²) < 4.78 is 6.49. The molecule has 0 bridgehead atoms. The molecule has 0 unspecified atom stereocenters. The van der Waals surface area contributed by atoms with Gasteiger partial charge in [-0.2, -0.15) is 0 Å². The molecule has 33 heavy (non-hydrogen) atoms. The minimum Gasteiger partial charge on any atom is -0.455 e. The van der Waals surface area contributed by atoms with Crippen molar-refractivity contribution in [3.63, 3.8) is 0 Å². The van der Waals surface area contributed by atoms with Gasteiger partial charge in [-0.25, -0.2) is 0 Å². The Labute approximate surface area is 194 Å². The van der Waals surface area contributed by atoms with E-state index in [0.717, 1.165) is 22.9 Å². The molecule has 0 spiro atoms. The second-order valence-electron chi connectivity index (χ2n) is 8.17. The van der Waals surface area contributed by atoms with E-state index in [2.05, 4.69) is 108 Å². The van der Waals surface area contributed by atoms with Crippen molar-refractivity contribution in [1.29, 1.82) is 0 Å². The third kappa shape index (κ3) is 3.48. The summed E-state index contributed by atoms with van der Waals surface area (Å²) in [5.74, 6) is 1.67. The number of rotatable bonds is 4. The number of benzene rings is 5. The molecule has 1 aliphatic heterocycles. The zero-order chi connectivity index (χ0) is 22.0. The van der Waals surface area contributed by atoms with Gasteiger partial charge in [0.15, 0.2) is 5.75 Å². The fourth-order valence-corrected chi connectivity index (χ4v) is 4.77. The fraction of sp³-hybridized carbons (Fsp3) is 0. The van der Waals surface area contributed by atoms with E-state index < -0.39 is 0 Å². The van der Waals surface area contributed by atoms with Crippen molar-refractivity contribution in [2.24, 2.45) is 0 Å². The lowest BCUT2D eigenvalue weighted by atomic mass is 9.45. The van der Waals surface area contributed by atoms with Crippen LogP contribution in [0, 0.1) is 0 Å². The van der Waals surface area contributed by atoms with Crippen LogP contribution >= 0.6 is 0 Å². The number of nitrogens with zero attached hydrogens (tertiary/aromatic N) is 1. The Hall–Kier alpha value is -4.24. The summed E-state index contributed by atoms with van der Waals surface area (Å²) in [5, 5.41) is 0. The van der Waals surface area contributed by atoms with Gasteiger partial charge in [0.2, 0.25) is 0 Å². The first-order valence-corrected chi connectivity index (χ1v) is 11.2. The van der Waals surface area contributed by atoms with E-state index in [1.807, 2.05) is 30.3 Å². The van der Waals surface area contributed by atoms with Crippen LogP contribution in [0.25, 0.3) is 11.1 Å². The van der Waals surface area contributed by atoms with Crippen LogP contribution in [-0.2, 0) is 0 Å². The van der Waals surface area contributed by atoms with Gasteiger partial charge in [-0.3, -0.25) is 0 Å². The number of para-hydroxylation sites is 3. The van der Waals surface area contributed by atoms with Gasteiger partial charge in [-0.05, 0) is 41.4 Å². The zero-order valence-corrected chi connectivity index (χ0v) is 18.1. The quantitative estimate of drug-likeness (QED) is 0.310. The number of hydrogen-bond acceptors (Lipinski definition) is 2. The average Bonchev–Trinajstić information content (AvgIpc) is 2.90. The Kier molecular flexibility index (Phi) is 4.93. The third-order valence-electron chi connectivity index (χ3n) is 6.16. The van der Waals surface area contributed by atoms with Crippen LogP contribution in [0.5, 0.6) is 11.5 Å². The lowest BCUT2D eigenvalue weighted by molar-refractivity contribution is 0.484. The summed E-state index contributed by atoms with van der Waals surface area (Å²) in [4.78, 5) is 2.42. The molecule has 0 amide bonds. The molecule has 5 aromatic carbocycles. The molecule has 0 atom stereocenters. The third-order valence-corrected chi connectivity index (χ3v) is 6.16. The molecule has 3 heteroatoms. The monoisotopic (exact) mass is 423 g/mol. The number of ether oxygens (including phenoxy) is 1. The van der Waals surface area contributed by atoms with E-state index in [1.54, 1.807) is 0 Å². The van der Waals surface area contributed by atoms with Crippen molar-refractivity contribution >= 4 is 29.1 Å². The van der Waals surface area contributed by atoms with Crippen LogP contribution in [0.15, 0.2) is 133 Å². The molecule has 0 N–H and O–H groups in total. The molecule has 0 aromatic heterocycles. The first-order valence-electron chi connectivity index (χ1n) is 11.2. The van der Waals surface area contributed by atoms with Gasteiger partial charge in [0, 0.05) is 11.3 Å². The van der Waals surface area contributed by atoms with Crippen molar-refractivity contribution in [2.75, 3.05) is 4.81 Å². The van der Waals surface area contributed by atoms with Gasteiger partial charge in [0.05, 0.1) is 5.69 Å². The largest absolute Gasteiger partial charge is 0.455 e. The molecule has 5 aromatic rings. The predicted molar refractivity (Wildman–Crippen MR) is 138 cm³/mol. The van der Waals surface area contributed by atoms with Gasteiger partial charge < -0.3 is 9.55 Å². The topological polar surface area (TPSA) is 12.5 Å². The van der Waals surface area contributed by atoms with Crippen LogP contribution in [0.2, 0.25) is 0 Å². The van der Waals surface area contributed by atoms with Crippen LogP contribution in [0.1, 0.15) is 0 Å². The molecular formula is C30H22BNO. The van der Waals surface area contributed by atoms with Crippen molar-refractivity contribution in [3.05, 3.63) is 133 Å². The Morgan fingerprint density at radius 2 is 1.12 bits per heavy atom. The highest BCUT2D eigenvalue weighted by Gasteiger charge is 2.38. The number of hydrogen-bond donors (Lipinski definition) is 0. The van der Waals surface area contributed by atoms with E-state index in [0.29, 0.717) is 0 Å². The maximum atomic E-state index is 6.49.